The van der Waals surface area contributed by atoms with Gasteiger partial charge in [0.25, 0.3) is 0 Å². The van der Waals surface area contributed by atoms with Gasteiger partial charge in [0.1, 0.15) is 6.07 Å². The Morgan fingerprint density at radius 2 is 2.05 bits per heavy atom. The van der Waals surface area contributed by atoms with Gasteiger partial charge in [-0.1, -0.05) is 20.3 Å². The summed E-state index contributed by atoms with van der Waals surface area (Å²) in [6.45, 7) is 4.38. The second kappa shape index (κ2) is 5.16. The van der Waals surface area contributed by atoms with Crippen molar-refractivity contribution in [1.82, 2.24) is 0 Å². The lowest BCUT2D eigenvalue weighted by Gasteiger charge is -2.36. The largest absolute Gasteiger partial charge is 0.380 e. The van der Waals surface area contributed by atoms with Gasteiger partial charge in [-0.3, -0.25) is 0 Å². The first-order chi connectivity index (χ1) is 8.93. The van der Waals surface area contributed by atoms with Crippen molar-refractivity contribution in [2.75, 3.05) is 5.32 Å². The number of nitrogens with zero attached hydrogens (tertiary/aromatic N) is 1. The average molecular weight is 264 g/mol. The highest BCUT2D eigenvalue weighted by molar-refractivity contribution is 5.50. The minimum Gasteiger partial charge on any atom is -0.380 e. The van der Waals surface area contributed by atoms with Crippen molar-refractivity contribution < 1.29 is 8.78 Å². The van der Waals surface area contributed by atoms with E-state index in [1.807, 2.05) is 0 Å². The summed E-state index contributed by atoms with van der Waals surface area (Å²) in [5, 5.41) is 11.7. The molecule has 1 atom stereocenters. The minimum atomic E-state index is -1.07. The van der Waals surface area contributed by atoms with Crippen LogP contribution in [0.25, 0.3) is 0 Å². The van der Waals surface area contributed by atoms with E-state index in [4.69, 9.17) is 5.26 Å². The second-order valence-corrected chi connectivity index (χ2v) is 6.00. The van der Waals surface area contributed by atoms with Crippen molar-refractivity contribution in [3.8, 4) is 6.07 Å². The Kier molecular flexibility index (Phi) is 3.75. The molecule has 1 saturated carbocycles. The van der Waals surface area contributed by atoms with Crippen molar-refractivity contribution in [2.45, 2.75) is 45.6 Å². The molecule has 0 bridgehead atoms. The summed E-state index contributed by atoms with van der Waals surface area (Å²) < 4.78 is 27.3. The summed E-state index contributed by atoms with van der Waals surface area (Å²) >= 11 is 0. The Morgan fingerprint density at radius 3 is 2.68 bits per heavy atom. The maximum atomic E-state index is 13.8. The van der Waals surface area contributed by atoms with Crippen LogP contribution in [0, 0.1) is 28.4 Å². The Balaban J connectivity index is 2.16. The number of hydrogen-bond donors (Lipinski definition) is 1. The van der Waals surface area contributed by atoms with E-state index in [0.717, 1.165) is 25.7 Å². The van der Waals surface area contributed by atoms with Gasteiger partial charge >= 0.3 is 0 Å². The SMILES string of the molecule is CC1(C)CCCC(Nc2ccc(C#N)c(F)c2F)C1. The molecule has 1 aromatic rings. The van der Waals surface area contributed by atoms with E-state index in [0.29, 0.717) is 0 Å². The molecule has 0 heterocycles. The summed E-state index contributed by atoms with van der Waals surface area (Å²) in [5.74, 6) is -2.02. The molecule has 4 heteroatoms. The zero-order valence-electron chi connectivity index (χ0n) is 11.3. The van der Waals surface area contributed by atoms with Crippen LogP contribution >= 0.6 is 0 Å². The topological polar surface area (TPSA) is 35.8 Å². The molecule has 0 aromatic heterocycles. The predicted molar refractivity (Wildman–Crippen MR) is 70.7 cm³/mol. The van der Waals surface area contributed by atoms with Crippen LogP contribution in [-0.4, -0.2) is 6.04 Å². The molecule has 19 heavy (non-hydrogen) atoms. The fraction of sp³-hybridized carbons (Fsp3) is 0.533. The summed E-state index contributed by atoms with van der Waals surface area (Å²) in [4.78, 5) is 0. The van der Waals surface area contributed by atoms with Crippen LogP contribution in [0.3, 0.4) is 0 Å². The number of nitrogens with one attached hydrogen (secondary N) is 1. The summed E-state index contributed by atoms with van der Waals surface area (Å²) in [7, 11) is 0. The van der Waals surface area contributed by atoms with Gasteiger partial charge in [-0.15, -0.1) is 0 Å². The van der Waals surface area contributed by atoms with Crippen molar-refractivity contribution in [3.63, 3.8) is 0 Å². The van der Waals surface area contributed by atoms with Crippen molar-refractivity contribution in [2.24, 2.45) is 5.41 Å². The molecule has 2 nitrogen and oxygen atoms in total. The molecule has 0 saturated heterocycles. The molecular formula is C15H18F2N2. The summed E-state index contributed by atoms with van der Waals surface area (Å²) in [6.07, 6.45) is 4.15. The fourth-order valence-corrected chi connectivity index (χ4v) is 2.79. The van der Waals surface area contributed by atoms with E-state index < -0.39 is 11.6 Å². The molecular weight excluding hydrogens is 246 g/mol. The number of hydrogen-bond acceptors (Lipinski definition) is 2. The summed E-state index contributed by atoms with van der Waals surface area (Å²) in [5.41, 5.74) is 0.128. The molecule has 0 radical (unpaired) electrons. The quantitative estimate of drug-likeness (QED) is 0.868. The highest BCUT2D eigenvalue weighted by Gasteiger charge is 2.28. The Bertz CT molecular complexity index is 518. The lowest BCUT2D eigenvalue weighted by atomic mass is 9.75. The van der Waals surface area contributed by atoms with E-state index in [1.165, 1.54) is 12.1 Å². The molecule has 1 unspecified atom stereocenters. The van der Waals surface area contributed by atoms with E-state index in [-0.39, 0.29) is 22.7 Å². The molecule has 0 spiro atoms. The molecule has 1 aromatic carbocycles. The van der Waals surface area contributed by atoms with Crippen LogP contribution in [0.4, 0.5) is 14.5 Å². The third-order valence-electron chi connectivity index (χ3n) is 3.77. The van der Waals surface area contributed by atoms with Gasteiger partial charge in [0.05, 0.1) is 11.3 Å². The van der Waals surface area contributed by atoms with Gasteiger partial charge in [-0.05, 0) is 36.8 Å². The molecule has 102 valence electrons. The number of anilines is 1. The highest BCUT2D eigenvalue weighted by atomic mass is 19.2. The normalized spacial score (nSPS) is 21.7. The number of benzene rings is 1. The lowest BCUT2D eigenvalue weighted by molar-refractivity contribution is 0.229. The third kappa shape index (κ3) is 3.04. The first kappa shape index (κ1) is 13.8. The van der Waals surface area contributed by atoms with Crippen LogP contribution in [0.5, 0.6) is 0 Å². The fourth-order valence-electron chi connectivity index (χ4n) is 2.79. The standard InChI is InChI=1S/C15H18F2N2/c1-15(2)7-3-4-11(8-15)19-12-6-5-10(9-18)13(16)14(12)17/h5-6,11,19H,3-4,7-8H2,1-2H3. The molecule has 1 aliphatic carbocycles. The molecule has 0 amide bonds. The van der Waals surface area contributed by atoms with Gasteiger partial charge in [-0.25, -0.2) is 8.78 Å². The van der Waals surface area contributed by atoms with Crippen LogP contribution in [-0.2, 0) is 0 Å². The number of halogens is 2. The van der Waals surface area contributed by atoms with Gasteiger partial charge in [-0.2, -0.15) is 5.26 Å². The molecule has 1 N–H and O–H groups in total. The third-order valence-corrected chi connectivity index (χ3v) is 3.77. The second-order valence-electron chi connectivity index (χ2n) is 6.00. The monoisotopic (exact) mass is 264 g/mol. The van der Waals surface area contributed by atoms with Crippen LogP contribution < -0.4 is 5.32 Å². The van der Waals surface area contributed by atoms with E-state index >= 15 is 0 Å². The minimum absolute atomic E-state index is 0.152. The average Bonchev–Trinajstić information content (AvgIpc) is 2.34. The Morgan fingerprint density at radius 1 is 1.32 bits per heavy atom. The summed E-state index contributed by atoms with van der Waals surface area (Å²) in [6, 6.07) is 4.55. The van der Waals surface area contributed by atoms with E-state index in [1.54, 1.807) is 6.07 Å². The molecule has 1 fully saturated rings. The Hall–Kier alpha value is -1.63. The first-order valence-corrected chi connectivity index (χ1v) is 6.57. The van der Waals surface area contributed by atoms with Crippen LogP contribution in [0.2, 0.25) is 0 Å². The lowest BCUT2D eigenvalue weighted by Crippen LogP contribution is -2.32. The van der Waals surface area contributed by atoms with Gasteiger partial charge in [0, 0.05) is 6.04 Å². The molecule has 2 rings (SSSR count). The van der Waals surface area contributed by atoms with Gasteiger partial charge in [0.15, 0.2) is 11.6 Å². The van der Waals surface area contributed by atoms with Crippen LogP contribution in [0.15, 0.2) is 12.1 Å². The van der Waals surface area contributed by atoms with Crippen LogP contribution in [0.1, 0.15) is 45.1 Å². The predicted octanol–water partition coefficient (Wildman–Crippen LogP) is 4.22. The number of rotatable bonds is 2. The van der Waals surface area contributed by atoms with Crippen molar-refractivity contribution in [1.29, 1.82) is 5.26 Å². The Labute approximate surface area is 112 Å². The van der Waals surface area contributed by atoms with E-state index in [2.05, 4.69) is 19.2 Å². The highest BCUT2D eigenvalue weighted by Crippen LogP contribution is 2.36. The van der Waals surface area contributed by atoms with Gasteiger partial charge < -0.3 is 5.32 Å². The molecule has 1 aliphatic rings. The molecule has 0 aliphatic heterocycles. The number of nitriles is 1. The maximum Gasteiger partial charge on any atom is 0.183 e. The zero-order valence-corrected chi connectivity index (χ0v) is 11.3. The van der Waals surface area contributed by atoms with Crippen molar-refractivity contribution >= 4 is 5.69 Å². The van der Waals surface area contributed by atoms with Crippen molar-refractivity contribution in [3.05, 3.63) is 29.3 Å². The smallest absolute Gasteiger partial charge is 0.183 e. The maximum absolute atomic E-state index is 13.8. The zero-order chi connectivity index (χ0) is 14.0. The van der Waals surface area contributed by atoms with E-state index in [9.17, 15) is 8.78 Å². The first-order valence-electron chi connectivity index (χ1n) is 6.57. The van der Waals surface area contributed by atoms with Gasteiger partial charge in [0.2, 0.25) is 0 Å².